The molecule has 0 radical (unpaired) electrons. The van der Waals surface area contributed by atoms with Crippen molar-refractivity contribution >= 4 is 0 Å². The number of aryl methyl sites for hydroxylation is 3. The van der Waals surface area contributed by atoms with Gasteiger partial charge in [0.05, 0.1) is 18.8 Å². The van der Waals surface area contributed by atoms with Gasteiger partial charge in [-0.25, -0.2) is 0 Å². The number of hydrogen-bond acceptors (Lipinski definition) is 3. The molecule has 0 atom stereocenters. The summed E-state index contributed by atoms with van der Waals surface area (Å²) >= 11 is 0. The molecule has 0 aliphatic heterocycles. The zero-order chi connectivity index (χ0) is 19.6. The molecule has 0 saturated heterocycles. The Balaban J connectivity index is 2.11. The molecule has 0 spiro atoms. The predicted octanol–water partition coefficient (Wildman–Crippen LogP) is 3.59. The van der Waals surface area contributed by atoms with E-state index in [-0.39, 0.29) is 6.61 Å². The average molecular weight is 364 g/mol. The molecule has 0 amide bonds. The molecule has 0 unspecified atom stereocenters. The van der Waals surface area contributed by atoms with E-state index >= 15 is 0 Å². The first-order chi connectivity index (χ1) is 12.8. The first-order valence-electron chi connectivity index (χ1n) is 9.35. The fourth-order valence-corrected chi connectivity index (χ4v) is 3.59. The van der Waals surface area contributed by atoms with E-state index in [2.05, 4.69) is 5.10 Å². The van der Waals surface area contributed by atoms with Gasteiger partial charge >= 0.3 is 0 Å². The van der Waals surface area contributed by atoms with E-state index in [4.69, 9.17) is 0 Å². The predicted molar refractivity (Wildman–Crippen MR) is 108 cm³/mol. The molecule has 0 bridgehead atoms. The van der Waals surface area contributed by atoms with Crippen LogP contribution in [0.15, 0.2) is 48.5 Å². The van der Waals surface area contributed by atoms with Crippen LogP contribution < -0.4 is 0 Å². The standard InChI is InChI=1S/C23H28N2O2/c1-16-5-9-20(10-6-16)23(27,21-11-7-17(2)8-12-21)15-22-18(3)24-25(13-14-26)19(22)4/h5-12,26-27H,13-15H2,1-4H3. The van der Waals surface area contributed by atoms with Gasteiger partial charge in [-0.15, -0.1) is 0 Å². The summed E-state index contributed by atoms with van der Waals surface area (Å²) < 4.78 is 1.81. The second kappa shape index (κ2) is 7.67. The third kappa shape index (κ3) is 3.82. The van der Waals surface area contributed by atoms with E-state index in [0.29, 0.717) is 13.0 Å². The highest BCUT2D eigenvalue weighted by Crippen LogP contribution is 2.35. The molecule has 2 aromatic carbocycles. The molecule has 27 heavy (non-hydrogen) atoms. The van der Waals surface area contributed by atoms with E-state index in [1.54, 1.807) is 0 Å². The number of rotatable bonds is 6. The Morgan fingerprint density at radius 3 is 1.78 bits per heavy atom. The highest BCUT2D eigenvalue weighted by atomic mass is 16.3. The molecule has 0 saturated carbocycles. The third-order valence-electron chi connectivity index (χ3n) is 5.33. The largest absolute Gasteiger partial charge is 0.394 e. The normalized spacial score (nSPS) is 11.8. The first-order valence-corrected chi connectivity index (χ1v) is 9.35. The summed E-state index contributed by atoms with van der Waals surface area (Å²) in [4.78, 5) is 0. The van der Waals surface area contributed by atoms with E-state index in [0.717, 1.165) is 39.2 Å². The number of nitrogens with zero attached hydrogens (tertiary/aromatic N) is 2. The van der Waals surface area contributed by atoms with Gasteiger partial charge in [0, 0.05) is 12.1 Å². The number of aliphatic hydroxyl groups excluding tert-OH is 1. The van der Waals surface area contributed by atoms with Gasteiger partial charge in [0.2, 0.25) is 0 Å². The zero-order valence-electron chi connectivity index (χ0n) is 16.5. The third-order valence-corrected chi connectivity index (χ3v) is 5.33. The van der Waals surface area contributed by atoms with Crippen molar-refractivity contribution in [3.63, 3.8) is 0 Å². The summed E-state index contributed by atoms with van der Waals surface area (Å²) in [5.74, 6) is 0. The molecular weight excluding hydrogens is 336 g/mol. The van der Waals surface area contributed by atoms with Gasteiger partial charge in [0.15, 0.2) is 0 Å². The van der Waals surface area contributed by atoms with Crippen molar-refractivity contribution in [1.82, 2.24) is 9.78 Å². The molecule has 4 heteroatoms. The summed E-state index contributed by atoms with van der Waals surface area (Å²) in [6.45, 7) is 8.54. The molecule has 0 aliphatic carbocycles. The topological polar surface area (TPSA) is 58.3 Å². The molecule has 142 valence electrons. The highest BCUT2D eigenvalue weighted by Gasteiger charge is 2.34. The lowest BCUT2D eigenvalue weighted by molar-refractivity contribution is 0.0807. The minimum absolute atomic E-state index is 0.0432. The monoisotopic (exact) mass is 364 g/mol. The van der Waals surface area contributed by atoms with Crippen molar-refractivity contribution in [3.05, 3.63) is 87.7 Å². The number of aromatic nitrogens is 2. The van der Waals surface area contributed by atoms with Crippen molar-refractivity contribution in [1.29, 1.82) is 0 Å². The van der Waals surface area contributed by atoms with Crippen molar-refractivity contribution in [3.8, 4) is 0 Å². The van der Waals surface area contributed by atoms with Gasteiger partial charge in [-0.3, -0.25) is 4.68 Å². The maximum Gasteiger partial charge on any atom is 0.119 e. The van der Waals surface area contributed by atoms with E-state index in [9.17, 15) is 10.2 Å². The number of hydrogen-bond donors (Lipinski definition) is 2. The number of benzene rings is 2. The van der Waals surface area contributed by atoms with Gasteiger partial charge in [-0.1, -0.05) is 59.7 Å². The SMILES string of the molecule is Cc1ccc(C(O)(Cc2c(C)nn(CCO)c2C)c2ccc(C)cc2)cc1. The van der Waals surface area contributed by atoms with E-state index in [1.165, 1.54) is 0 Å². The van der Waals surface area contributed by atoms with Crippen molar-refractivity contribution in [2.45, 2.75) is 46.3 Å². The molecule has 0 aliphatic rings. The van der Waals surface area contributed by atoms with E-state index in [1.807, 2.05) is 80.9 Å². The second-order valence-corrected chi connectivity index (χ2v) is 7.37. The van der Waals surface area contributed by atoms with Crippen LogP contribution in [0, 0.1) is 27.7 Å². The summed E-state index contributed by atoms with van der Waals surface area (Å²) in [6, 6.07) is 16.1. The molecule has 3 rings (SSSR count). The summed E-state index contributed by atoms with van der Waals surface area (Å²) in [5.41, 5.74) is 5.80. The lowest BCUT2D eigenvalue weighted by Crippen LogP contribution is -2.30. The van der Waals surface area contributed by atoms with Crippen molar-refractivity contribution in [2.24, 2.45) is 0 Å². The summed E-state index contributed by atoms with van der Waals surface area (Å²) in [5, 5.41) is 25.7. The summed E-state index contributed by atoms with van der Waals surface area (Å²) in [6.07, 6.45) is 0.433. The van der Waals surface area contributed by atoms with Crippen LogP contribution >= 0.6 is 0 Å². The molecule has 2 N–H and O–H groups in total. The summed E-state index contributed by atoms with van der Waals surface area (Å²) in [7, 11) is 0. The minimum Gasteiger partial charge on any atom is -0.394 e. The van der Waals surface area contributed by atoms with Crippen molar-refractivity contribution in [2.75, 3.05) is 6.61 Å². The highest BCUT2D eigenvalue weighted by molar-refractivity contribution is 5.41. The zero-order valence-corrected chi connectivity index (χ0v) is 16.5. The Hall–Kier alpha value is -2.43. The smallest absolute Gasteiger partial charge is 0.119 e. The molecule has 4 nitrogen and oxygen atoms in total. The lowest BCUT2D eigenvalue weighted by atomic mass is 9.80. The van der Waals surface area contributed by atoms with Crippen LogP contribution in [0.3, 0.4) is 0 Å². The van der Waals surface area contributed by atoms with Gasteiger partial charge < -0.3 is 10.2 Å². The Bertz CT molecular complexity index is 863. The van der Waals surface area contributed by atoms with Gasteiger partial charge in [-0.05, 0) is 44.4 Å². The Labute approximate surface area is 161 Å². The van der Waals surface area contributed by atoms with E-state index < -0.39 is 5.60 Å². The second-order valence-electron chi connectivity index (χ2n) is 7.37. The molecule has 3 aromatic rings. The van der Waals surface area contributed by atoms with Gasteiger partial charge in [0.1, 0.15) is 5.60 Å². The fraction of sp³-hybridized carbons (Fsp3) is 0.348. The van der Waals surface area contributed by atoms with Crippen LogP contribution in [0.4, 0.5) is 0 Å². The maximum absolute atomic E-state index is 11.9. The Morgan fingerprint density at radius 1 is 0.852 bits per heavy atom. The average Bonchev–Trinajstić information content (AvgIpc) is 2.90. The fourth-order valence-electron chi connectivity index (χ4n) is 3.59. The molecule has 0 fully saturated rings. The van der Waals surface area contributed by atoms with Crippen LogP contribution in [0.25, 0.3) is 0 Å². The minimum atomic E-state index is -1.15. The van der Waals surface area contributed by atoms with Crippen LogP contribution in [-0.2, 0) is 18.6 Å². The van der Waals surface area contributed by atoms with Gasteiger partial charge in [0.25, 0.3) is 0 Å². The number of aliphatic hydroxyl groups is 2. The Kier molecular flexibility index (Phi) is 5.49. The molecular formula is C23H28N2O2. The lowest BCUT2D eigenvalue weighted by Gasteiger charge is -2.30. The molecule has 1 heterocycles. The van der Waals surface area contributed by atoms with Crippen LogP contribution in [0.2, 0.25) is 0 Å². The van der Waals surface area contributed by atoms with Crippen molar-refractivity contribution < 1.29 is 10.2 Å². The van der Waals surface area contributed by atoms with Crippen LogP contribution in [-0.4, -0.2) is 26.6 Å². The van der Waals surface area contributed by atoms with Crippen LogP contribution in [0.5, 0.6) is 0 Å². The van der Waals surface area contributed by atoms with Crippen LogP contribution in [0.1, 0.15) is 39.2 Å². The Morgan fingerprint density at radius 2 is 1.33 bits per heavy atom. The van der Waals surface area contributed by atoms with Gasteiger partial charge in [-0.2, -0.15) is 5.10 Å². The molecule has 1 aromatic heterocycles. The first kappa shape index (κ1) is 19.3. The maximum atomic E-state index is 11.9. The quantitative estimate of drug-likeness (QED) is 0.703.